The van der Waals surface area contributed by atoms with Crippen molar-refractivity contribution in [3.05, 3.63) is 65.7 Å². The van der Waals surface area contributed by atoms with Crippen molar-refractivity contribution in [3.63, 3.8) is 0 Å². The molecule has 20 heavy (non-hydrogen) atoms. The van der Waals surface area contributed by atoms with Gasteiger partial charge in [-0.05, 0) is 49.9 Å². The summed E-state index contributed by atoms with van der Waals surface area (Å²) in [4.78, 5) is 0. The maximum absolute atomic E-state index is 6.23. The Kier molecular flexibility index (Phi) is 5.19. The van der Waals surface area contributed by atoms with Crippen LogP contribution in [0.15, 0.2) is 54.6 Å². The van der Waals surface area contributed by atoms with Crippen LogP contribution in [0, 0.1) is 0 Å². The van der Waals surface area contributed by atoms with Gasteiger partial charge in [0.05, 0.1) is 6.10 Å². The van der Waals surface area contributed by atoms with Crippen LogP contribution in [0.25, 0.3) is 0 Å². The average molecular weight is 269 g/mol. The molecule has 1 unspecified atom stereocenters. The zero-order valence-electron chi connectivity index (χ0n) is 12.3. The van der Waals surface area contributed by atoms with Gasteiger partial charge in [-0.3, -0.25) is 0 Å². The highest BCUT2D eigenvalue weighted by Crippen LogP contribution is 2.15. The van der Waals surface area contributed by atoms with E-state index in [0.717, 1.165) is 18.6 Å². The number of benzene rings is 2. The molecule has 0 fully saturated rings. The van der Waals surface area contributed by atoms with E-state index >= 15 is 0 Å². The largest absolute Gasteiger partial charge is 0.491 e. The van der Waals surface area contributed by atoms with Crippen molar-refractivity contribution in [1.29, 1.82) is 0 Å². The van der Waals surface area contributed by atoms with Gasteiger partial charge >= 0.3 is 0 Å². The van der Waals surface area contributed by atoms with Crippen LogP contribution in [0.5, 0.6) is 5.75 Å². The summed E-state index contributed by atoms with van der Waals surface area (Å²) in [5.74, 6) is 0.917. The smallest absolute Gasteiger partial charge is 0.119 e. The van der Waals surface area contributed by atoms with E-state index in [2.05, 4.69) is 36.4 Å². The summed E-state index contributed by atoms with van der Waals surface area (Å²) < 4.78 is 5.64. The fourth-order valence-corrected chi connectivity index (χ4v) is 2.27. The van der Waals surface area contributed by atoms with Gasteiger partial charge in [-0.15, -0.1) is 0 Å². The number of hydrogen-bond acceptors (Lipinski definition) is 2. The summed E-state index contributed by atoms with van der Waals surface area (Å²) in [5.41, 5.74) is 8.77. The van der Waals surface area contributed by atoms with Gasteiger partial charge in [-0.1, -0.05) is 42.5 Å². The van der Waals surface area contributed by atoms with Gasteiger partial charge in [0.2, 0.25) is 0 Å². The summed E-state index contributed by atoms with van der Waals surface area (Å²) in [6.45, 7) is 4.06. The van der Waals surface area contributed by atoms with E-state index in [9.17, 15) is 0 Å². The second kappa shape index (κ2) is 7.11. The lowest BCUT2D eigenvalue weighted by molar-refractivity contribution is 0.242. The van der Waals surface area contributed by atoms with Crippen LogP contribution in [-0.4, -0.2) is 12.1 Å². The van der Waals surface area contributed by atoms with Crippen molar-refractivity contribution >= 4 is 0 Å². The van der Waals surface area contributed by atoms with Crippen molar-refractivity contribution in [2.75, 3.05) is 0 Å². The van der Waals surface area contributed by atoms with Crippen LogP contribution in [0.2, 0.25) is 0 Å². The Morgan fingerprint density at radius 1 is 0.850 bits per heavy atom. The van der Waals surface area contributed by atoms with Gasteiger partial charge in [0.1, 0.15) is 5.75 Å². The van der Waals surface area contributed by atoms with Crippen LogP contribution in [0.3, 0.4) is 0 Å². The van der Waals surface area contributed by atoms with Crippen LogP contribution in [0.4, 0.5) is 0 Å². The van der Waals surface area contributed by atoms with E-state index in [1.807, 2.05) is 32.0 Å². The minimum absolute atomic E-state index is 0.147. The molecule has 1 atom stereocenters. The van der Waals surface area contributed by atoms with Crippen molar-refractivity contribution < 1.29 is 4.74 Å². The van der Waals surface area contributed by atoms with Gasteiger partial charge in [-0.25, -0.2) is 0 Å². The first kappa shape index (κ1) is 14.6. The molecular weight excluding hydrogens is 246 g/mol. The van der Waals surface area contributed by atoms with Crippen molar-refractivity contribution in [2.45, 2.75) is 38.8 Å². The minimum atomic E-state index is 0.147. The second-order valence-electron chi connectivity index (χ2n) is 5.46. The van der Waals surface area contributed by atoms with Crippen LogP contribution in [0.1, 0.15) is 25.0 Å². The molecule has 0 aliphatic heterocycles. The average Bonchev–Trinajstić information content (AvgIpc) is 2.41. The lowest BCUT2D eigenvalue weighted by Gasteiger charge is -2.13. The maximum Gasteiger partial charge on any atom is 0.119 e. The van der Waals surface area contributed by atoms with Crippen LogP contribution >= 0.6 is 0 Å². The lowest BCUT2D eigenvalue weighted by Crippen LogP contribution is -2.25. The molecule has 106 valence electrons. The molecule has 0 amide bonds. The van der Waals surface area contributed by atoms with E-state index in [1.165, 1.54) is 11.1 Å². The Morgan fingerprint density at radius 2 is 1.40 bits per heavy atom. The molecule has 0 aromatic heterocycles. The summed E-state index contributed by atoms with van der Waals surface area (Å²) in [6, 6.07) is 18.8. The molecule has 0 bridgehead atoms. The first-order chi connectivity index (χ1) is 9.63. The normalized spacial score (nSPS) is 12.4. The third-order valence-electron chi connectivity index (χ3n) is 3.13. The van der Waals surface area contributed by atoms with E-state index in [1.54, 1.807) is 0 Å². The molecule has 2 N–H and O–H groups in total. The molecule has 2 rings (SSSR count). The molecular formula is C18H23NO. The van der Waals surface area contributed by atoms with E-state index in [4.69, 9.17) is 10.5 Å². The molecule has 2 nitrogen and oxygen atoms in total. The quantitative estimate of drug-likeness (QED) is 0.870. The van der Waals surface area contributed by atoms with Crippen molar-refractivity contribution in [1.82, 2.24) is 0 Å². The number of ether oxygens (including phenoxy) is 1. The topological polar surface area (TPSA) is 35.2 Å². The molecule has 0 heterocycles. The maximum atomic E-state index is 6.23. The fourth-order valence-electron chi connectivity index (χ4n) is 2.27. The lowest BCUT2D eigenvalue weighted by atomic mass is 10.00. The molecule has 2 heteroatoms. The van der Waals surface area contributed by atoms with Gasteiger partial charge in [0.25, 0.3) is 0 Å². The summed E-state index contributed by atoms with van der Waals surface area (Å²) in [5, 5.41) is 0. The number of nitrogens with two attached hydrogens (primary N) is 1. The first-order valence-corrected chi connectivity index (χ1v) is 7.18. The fraction of sp³-hybridized carbons (Fsp3) is 0.333. The second-order valence-corrected chi connectivity index (χ2v) is 5.46. The van der Waals surface area contributed by atoms with Crippen LogP contribution in [-0.2, 0) is 12.8 Å². The van der Waals surface area contributed by atoms with Gasteiger partial charge in [0, 0.05) is 6.04 Å². The van der Waals surface area contributed by atoms with E-state index in [0.29, 0.717) is 0 Å². The van der Waals surface area contributed by atoms with Crippen molar-refractivity contribution in [3.8, 4) is 5.75 Å². The Bertz CT molecular complexity index is 505. The van der Waals surface area contributed by atoms with Crippen LogP contribution < -0.4 is 10.5 Å². The molecule has 0 aliphatic carbocycles. The molecule has 2 aromatic carbocycles. The zero-order chi connectivity index (χ0) is 14.4. The first-order valence-electron chi connectivity index (χ1n) is 7.18. The molecule has 0 saturated carbocycles. The Balaban J connectivity index is 1.89. The number of rotatable bonds is 6. The Hall–Kier alpha value is -1.80. The predicted molar refractivity (Wildman–Crippen MR) is 84.0 cm³/mol. The highest BCUT2D eigenvalue weighted by atomic mass is 16.5. The van der Waals surface area contributed by atoms with Gasteiger partial charge in [0.15, 0.2) is 0 Å². The number of hydrogen-bond donors (Lipinski definition) is 1. The molecule has 0 saturated heterocycles. The predicted octanol–water partition coefficient (Wildman–Crippen LogP) is 3.59. The summed E-state index contributed by atoms with van der Waals surface area (Å²) >= 11 is 0. The summed E-state index contributed by atoms with van der Waals surface area (Å²) in [6.07, 6.45) is 2.00. The van der Waals surface area contributed by atoms with E-state index in [-0.39, 0.29) is 12.1 Å². The molecule has 0 radical (unpaired) electrons. The minimum Gasteiger partial charge on any atom is -0.491 e. The SMILES string of the molecule is CC(C)Oc1ccc(CC(N)Cc2ccccc2)cc1. The third kappa shape index (κ3) is 4.71. The summed E-state index contributed by atoms with van der Waals surface area (Å²) in [7, 11) is 0. The van der Waals surface area contributed by atoms with E-state index < -0.39 is 0 Å². The monoisotopic (exact) mass is 269 g/mol. The molecule has 2 aromatic rings. The van der Waals surface area contributed by atoms with Gasteiger partial charge in [-0.2, -0.15) is 0 Å². The highest BCUT2D eigenvalue weighted by molar-refractivity contribution is 5.28. The Morgan fingerprint density at radius 3 is 1.95 bits per heavy atom. The Labute approximate surface area is 121 Å². The third-order valence-corrected chi connectivity index (χ3v) is 3.13. The van der Waals surface area contributed by atoms with Gasteiger partial charge < -0.3 is 10.5 Å². The standard InChI is InChI=1S/C18H23NO/c1-14(2)20-18-10-8-16(9-11-18)13-17(19)12-15-6-4-3-5-7-15/h3-11,14,17H,12-13,19H2,1-2H3. The zero-order valence-corrected chi connectivity index (χ0v) is 12.3. The van der Waals surface area contributed by atoms with Crippen molar-refractivity contribution in [2.24, 2.45) is 5.73 Å². The molecule has 0 spiro atoms. The molecule has 0 aliphatic rings. The highest BCUT2D eigenvalue weighted by Gasteiger charge is 2.06.